The normalized spacial score (nSPS) is 10.7. The number of aryl methyl sites for hydroxylation is 1. The van der Waals surface area contributed by atoms with E-state index < -0.39 is 0 Å². The van der Waals surface area contributed by atoms with Crippen molar-refractivity contribution in [2.75, 3.05) is 5.32 Å². The molecule has 0 radical (unpaired) electrons. The van der Waals surface area contributed by atoms with Crippen molar-refractivity contribution in [3.8, 4) is 5.69 Å². The first-order valence-corrected chi connectivity index (χ1v) is 6.50. The third kappa shape index (κ3) is 2.69. The van der Waals surface area contributed by atoms with Crippen LogP contribution in [-0.2, 0) is 13.0 Å². The topological polar surface area (TPSA) is 68.8 Å². The van der Waals surface area contributed by atoms with Crippen LogP contribution < -0.4 is 5.32 Å². The number of nitrogens with zero attached hydrogens (tertiary/aromatic N) is 4. The van der Waals surface area contributed by atoms with Crippen LogP contribution in [0.15, 0.2) is 47.1 Å². The van der Waals surface area contributed by atoms with E-state index in [1.807, 2.05) is 36.4 Å². The van der Waals surface area contributed by atoms with Crippen LogP contribution in [0.4, 0.5) is 5.69 Å². The van der Waals surface area contributed by atoms with Gasteiger partial charge in [0.2, 0.25) is 0 Å². The highest BCUT2D eigenvalue weighted by molar-refractivity contribution is 5.50. The molecule has 0 aliphatic rings. The van der Waals surface area contributed by atoms with Crippen LogP contribution in [0.1, 0.15) is 18.4 Å². The Labute approximate surface area is 116 Å². The summed E-state index contributed by atoms with van der Waals surface area (Å²) < 4.78 is 7.28. The molecule has 102 valence electrons. The highest BCUT2D eigenvalue weighted by Gasteiger charge is 2.02. The zero-order valence-electron chi connectivity index (χ0n) is 11.2. The first-order chi connectivity index (χ1) is 9.85. The highest BCUT2D eigenvalue weighted by atomic mass is 16.3. The number of benzene rings is 1. The molecule has 2 aromatic heterocycles. The van der Waals surface area contributed by atoms with E-state index in [9.17, 15) is 0 Å². The van der Waals surface area contributed by atoms with Crippen molar-refractivity contribution in [3.63, 3.8) is 0 Å². The number of furan rings is 1. The molecule has 6 heteroatoms. The second-order valence-electron chi connectivity index (χ2n) is 4.38. The number of anilines is 1. The number of nitrogens with one attached hydrogen (secondary N) is 1. The second-order valence-corrected chi connectivity index (χ2v) is 4.38. The van der Waals surface area contributed by atoms with Gasteiger partial charge < -0.3 is 9.73 Å². The van der Waals surface area contributed by atoms with Crippen molar-refractivity contribution in [3.05, 3.63) is 54.2 Å². The van der Waals surface area contributed by atoms with E-state index >= 15 is 0 Å². The zero-order chi connectivity index (χ0) is 13.8. The van der Waals surface area contributed by atoms with Crippen LogP contribution in [-0.4, -0.2) is 20.2 Å². The van der Waals surface area contributed by atoms with Crippen LogP contribution in [0.2, 0.25) is 0 Å². The minimum absolute atomic E-state index is 0.652. The molecule has 3 rings (SSSR count). The Morgan fingerprint density at radius 3 is 2.85 bits per heavy atom. The number of tetrazole rings is 1. The van der Waals surface area contributed by atoms with Gasteiger partial charge in [0, 0.05) is 12.1 Å². The van der Waals surface area contributed by atoms with Gasteiger partial charge >= 0.3 is 0 Å². The van der Waals surface area contributed by atoms with E-state index in [1.54, 1.807) is 11.0 Å². The van der Waals surface area contributed by atoms with Gasteiger partial charge in [0.15, 0.2) is 0 Å². The van der Waals surface area contributed by atoms with Crippen molar-refractivity contribution in [1.29, 1.82) is 0 Å². The smallest absolute Gasteiger partial charge is 0.143 e. The number of hydrogen-bond donors (Lipinski definition) is 1. The molecule has 6 nitrogen and oxygen atoms in total. The average Bonchev–Trinajstić information content (AvgIpc) is 3.17. The van der Waals surface area contributed by atoms with Crippen molar-refractivity contribution in [2.24, 2.45) is 0 Å². The number of rotatable bonds is 5. The Bertz CT molecular complexity index is 674. The molecule has 3 aromatic rings. The maximum atomic E-state index is 5.66. The first kappa shape index (κ1) is 12.4. The molecule has 0 spiro atoms. The monoisotopic (exact) mass is 269 g/mol. The number of hydrogen-bond acceptors (Lipinski definition) is 5. The first-order valence-electron chi connectivity index (χ1n) is 6.50. The summed E-state index contributed by atoms with van der Waals surface area (Å²) in [6.45, 7) is 2.73. The van der Waals surface area contributed by atoms with E-state index in [-0.39, 0.29) is 0 Å². The fraction of sp³-hybridized carbons (Fsp3) is 0.214. The Kier molecular flexibility index (Phi) is 3.45. The van der Waals surface area contributed by atoms with Gasteiger partial charge in [0.05, 0.1) is 12.2 Å². The summed E-state index contributed by atoms with van der Waals surface area (Å²) in [6, 6.07) is 11.9. The van der Waals surface area contributed by atoms with Gasteiger partial charge in [-0.1, -0.05) is 13.0 Å². The maximum Gasteiger partial charge on any atom is 0.143 e. The maximum absolute atomic E-state index is 5.66. The van der Waals surface area contributed by atoms with Crippen LogP contribution in [0, 0.1) is 0 Å². The summed E-state index contributed by atoms with van der Waals surface area (Å²) in [6.07, 6.45) is 2.48. The standard InChI is InChI=1S/C14H15N5O/c1-2-13-6-7-14(20-13)9-15-11-4-3-5-12(8-11)19-10-16-17-18-19/h3-8,10,15H,2,9H2,1H3. The second kappa shape index (κ2) is 5.56. The van der Waals surface area contributed by atoms with Crippen molar-refractivity contribution >= 4 is 5.69 Å². The minimum atomic E-state index is 0.652. The average molecular weight is 269 g/mol. The molecule has 0 saturated carbocycles. The fourth-order valence-corrected chi connectivity index (χ4v) is 1.93. The summed E-state index contributed by atoms with van der Waals surface area (Å²) in [7, 11) is 0. The van der Waals surface area contributed by atoms with E-state index in [0.717, 1.165) is 29.3 Å². The molecule has 1 N–H and O–H groups in total. The number of aromatic nitrogens is 4. The van der Waals surface area contributed by atoms with Gasteiger partial charge in [0.25, 0.3) is 0 Å². The molecule has 0 unspecified atom stereocenters. The molecule has 2 heterocycles. The van der Waals surface area contributed by atoms with Gasteiger partial charge in [-0.2, -0.15) is 0 Å². The quantitative estimate of drug-likeness (QED) is 0.770. The molecule has 0 atom stereocenters. The van der Waals surface area contributed by atoms with Gasteiger partial charge in [-0.05, 0) is 40.8 Å². The lowest BCUT2D eigenvalue weighted by molar-refractivity contribution is 0.476. The molecular weight excluding hydrogens is 254 g/mol. The molecule has 0 aliphatic heterocycles. The van der Waals surface area contributed by atoms with Gasteiger partial charge in [-0.15, -0.1) is 5.10 Å². The summed E-state index contributed by atoms with van der Waals surface area (Å²) >= 11 is 0. The minimum Gasteiger partial charge on any atom is -0.464 e. The summed E-state index contributed by atoms with van der Waals surface area (Å²) in [5, 5.41) is 14.5. The Hall–Kier alpha value is -2.63. The lowest BCUT2D eigenvalue weighted by atomic mass is 10.2. The molecule has 0 amide bonds. The molecule has 0 fully saturated rings. The van der Waals surface area contributed by atoms with E-state index in [4.69, 9.17) is 4.42 Å². The third-order valence-corrected chi connectivity index (χ3v) is 2.99. The largest absolute Gasteiger partial charge is 0.464 e. The molecule has 1 aromatic carbocycles. The van der Waals surface area contributed by atoms with Crippen LogP contribution in [0.3, 0.4) is 0 Å². The van der Waals surface area contributed by atoms with Gasteiger partial charge in [-0.3, -0.25) is 0 Å². The molecular formula is C14H15N5O. The molecule has 0 saturated heterocycles. The van der Waals surface area contributed by atoms with Gasteiger partial charge in [0.1, 0.15) is 17.8 Å². The predicted octanol–water partition coefficient (Wildman–Crippen LogP) is 2.43. The van der Waals surface area contributed by atoms with Gasteiger partial charge in [-0.25, -0.2) is 4.68 Å². The highest BCUT2D eigenvalue weighted by Crippen LogP contribution is 2.15. The molecule has 0 bridgehead atoms. The van der Waals surface area contributed by atoms with E-state index in [2.05, 4.69) is 27.8 Å². The summed E-state index contributed by atoms with van der Waals surface area (Å²) in [5.74, 6) is 1.93. The summed E-state index contributed by atoms with van der Waals surface area (Å²) in [5.41, 5.74) is 1.90. The van der Waals surface area contributed by atoms with Crippen LogP contribution >= 0.6 is 0 Å². The SMILES string of the molecule is CCc1ccc(CNc2cccc(-n3cnnn3)c2)o1. The zero-order valence-corrected chi connectivity index (χ0v) is 11.2. The van der Waals surface area contributed by atoms with Crippen molar-refractivity contribution in [1.82, 2.24) is 20.2 Å². The molecule has 0 aliphatic carbocycles. The lowest BCUT2D eigenvalue weighted by Gasteiger charge is -2.06. The molecule has 20 heavy (non-hydrogen) atoms. The predicted molar refractivity (Wildman–Crippen MR) is 74.6 cm³/mol. The van der Waals surface area contributed by atoms with Crippen molar-refractivity contribution < 1.29 is 4.42 Å². The van der Waals surface area contributed by atoms with Crippen molar-refractivity contribution in [2.45, 2.75) is 19.9 Å². The summed E-state index contributed by atoms with van der Waals surface area (Å²) in [4.78, 5) is 0. The van der Waals surface area contributed by atoms with Crippen LogP contribution in [0.25, 0.3) is 5.69 Å². The Morgan fingerprint density at radius 1 is 1.20 bits per heavy atom. The Morgan fingerprint density at radius 2 is 2.10 bits per heavy atom. The fourth-order valence-electron chi connectivity index (χ4n) is 1.93. The van der Waals surface area contributed by atoms with Crippen LogP contribution in [0.5, 0.6) is 0 Å². The van der Waals surface area contributed by atoms with E-state index in [1.165, 1.54) is 0 Å². The Balaban J connectivity index is 1.70. The van der Waals surface area contributed by atoms with E-state index in [0.29, 0.717) is 6.54 Å². The third-order valence-electron chi connectivity index (χ3n) is 2.99. The lowest BCUT2D eigenvalue weighted by Crippen LogP contribution is -2.00.